The third kappa shape index (κ3) is 3.32. The molecule has 1 aromatic carbocycles. The first-order valence-corrected chi connectivity index (χ1v) is 9.14. The van der Waals surface area contributed by atoms with Crippen LogP contribution in [0.4, 0.5) is 11.4 Å². The smallest absolute Gasteiger partial charge is 0.259 e. The molecule has 140 valence electrons. The highest BCUT2D eigenvalue weighted by atomic mass is 16.5. The topological polar surface area (TPSA) is 103 Å². The molecule has 1 amide bonds. The second-order valence-electron chi connectivity index (χ2n) is 6.84. The van der Waals surface area contributed by atoms with Crippen molar-refractivity contribution in [2.24, 2.45) is 0 Å². The van der Waals surface area contributed by atoms with Crippen LogP contribution >= 0.6 is 0 Å². The third-order valence-electron chi connectivity index (χ3n) is 4.75. The van der Waals surface area contributed by atoms with E-state index >= 15 is 0 Å². The first kappa shape index (κ1) is 17.3. The maximum atomic E-state index is 13.1. The van der Waals surface area contributed by atoms with Crippen molar-refractivity contribution in [3.8, 4) is 5.75 Å². The van der Waals surface area contributed by atoms with Crippen LogP contribution in [0.1, 0.15) is 53.8 Å². The number of carbonyl (C=O) groups is 1. The molecular weight excluding hydrogens is 344 g/mol. The summed E-state index contributed by atoms with van der Waals surface area (Å²) in [5.74, 6) is 0.742. The normalized spacial score (nSPS) is 13.7. The molecule has 2 aromatic heterocycles. The van der Waals surface area contributed by atoms with Crippen LogP contribution in [0.5, 0.6) is 5.75 Å². The molecule has 27 heavy (non-hydrogen) atoms. The molecule has 1 saturated carbocycles. The molecule has 7 heteroatoms. The van der Waals surface area contributed by atoms with E-state index < -0.39 is 0 Å². The van der Waals surface area contributed by atoms with Gasteiger partial charge in [-0.25, -0.2) is 4.98 Å². The van der Waals surface area contributed by atoms with Gasteiger partial charge in [0.05, 0.1) is 29.4 Å². The van der Waals surface area contributed by atoms with Crippen molar-refractivity contribution in [2.45, 2.75) is 38.5 Å². The Morgan fingerprint density at radius 3 is 2.85 bits per heavy atom. The lowest BCUT2D eigenvalue weighted by Crippen LogP contribution is -2.14. The predicted molar refractivity (Wildman–Crippen MR) is 103 cm³/mol. The van der Waals surface area contributed by atoms with Gasteiger partial charge in [-0.15, -0.1) is 0 Å². The lowest BCUT2D eigenvalue weighted by Gasteiger charge is -2.10. The van der Waals surface area contributed by atoms with Crippen molar-refractivity contribution in [1.82, 2.24) is 10.1 Å². The van der Waals surface area contributed by atoms with E-state index in [1.54, 1.807) is 25.3 Å². The fourth-order valence-corrected chi connectivity index (χ4v) is 3.21. The van der Waals surface area contributed by atoms with Crippen molar-refractivity contribution >= 4 is 28.4 Å². The number of fused-ring (bicyclic) bond motifs is 1. The highest BCUT2D eigenvalue weighted by Crippen LogP contribution is 2.40. The van der Waals surface area contributed by atoms with Crippen molar-refractivity contribution in [3.63, 3.8) is 0 Å². The fourth-order valence-electron chi connectivity index (χ4n) is 3.21. The van der Waals surface area contributed by atoms with Gasteiger partial charge in [-0.1, -0.05) is 18.5 Å². The molecule has 2 heterocycles. The standard InChI is InChI=1S/C20H22N4O3/c1-3-4-15-18-13(10-16(11-5-6-11)23-20(18)27-24-15)19(25)22-12-7-8-17(26-2)14(21)9-12/h7-11H,3-6,21H2,1-2H3,(H,22,25). The molecule has 1 aliphatic carbocycles. The number of anilines is 2. The number of hydrogen-bond donors (Lipinski definition) is 2. The Bertz CT molecular complexity index is 1010. The summed E-state index contributed by atoms with van der Waals surface area (Å²) < 4.78 is 10.6. The Morgan fingerprint density at radius 2 is 2.19 bits per heavy atom. The van der Waals surface area contributed by atoms with Gasteiger partial charge >= 0.3 is 0 Å². The van der Waals surface area contributed by atoms with Gasteiger partial charge in [0.1, 0.15) is 5.75 Å². The Hall–Kier alpha value is -3.09. The quantitative estimate of drug-likeness (QED) is 0.641. The first-order chi connectivity index (χ1) is 13.1. The Balaban J connectivity index is 1.73. The van der Waals surface area contributed by atoms with Crippen LogP contribution in [0.2, 0.25) is 0 Å². The minimum absolute atomic E-state index is 0.227. The second kappa shape index (κ2) is 6.90. The van der Waals surface area contributed by atoms with Crippen LogP contribution in [0.3, 0.4) is 0 Å². The summed E-state index contributed by atoms with van der Waals surface area (Å²) in [7, 11) is 1.55. The minimum Gasteiger partial charge on any atom is -0.495 e. The molecular formula is C20H22N4O3. The van der Waals surface area contributed by atoms with Gasteiger partial charge in [0.15, 0.2) is 0 Å². The van der Waals surface area contributed by atoms with E-state index in [0.29, 0.717) is 39.7 Å². The number of nitrogens with one attached hydrogen (secondary N) is 1. The number of aromatic nitrogens is 2. The summed E-state index contributed by atoms with van der Waals surface area (Å²) in [6.07, 6.45) is 3.81. The van der Waals surface area contributed by atoms with Crippen molar-refractivity contribution in [2.75, 3.05) is 18.2 Å². The molecule has 0 spiro atoms. The number of aryl methyl sites for hydroxylation is 1. The zero-order chi connectivity index (χ0) is 19.0. The maximum absolute atomic E-state index is 13.1. The molecule has 1 fully saturated rings. The number of carbonyl (C=O) groups excluding carboxylic acids is 1. The number of rotatable bonds is 6. The third-order valence-corrected chi connectivity index (χ3v) is 4.75. The summed E-state index contributed by atoms with van der Waals surface area (Å²) >= 11 is 0. The first-order valence-electron chi connectivity index (χ1n) is 9.14. The van der Waals surface area contributed by atoms with Crippen LogP contribution in [0.15, 0.2) is 28.8 Å². The molecule has 0 bridgehead atoms. The van der Waals surface area contributed by atoms with Crippen LogP contribution in [0.25, 0.3) is 11.1 Å². The highest BCUT2D eigenvalue weighted by molar-refractivity contribution is 6.12. The highest BCUT2D eigenvalue weighted by Gasteiger charge is 2.29. The number of pyridine rings is 1. The van der Waals surface area contributed by atoms with Crippen LogP contribution < -0.4 is 15.8 Å². The number of amides is 1. The fraction of sp³-hybridized carbons (Fsp3) is 0.350. The van der Waals surface area contributed by atoms with E-state index in [1.807, 2.05) is 6.07 Å². The number of ether oxygens (including phenoxy) is 1. The number of methoxy groups -OCH3 is 1. The van der Waals surface area contributed by atoms with Gasteiger partial charge in [0, 0.05) is 17.3 Å². The van der Waals surface area contributed by atoms with Gasteiger partial charge in [0.2, 0.25) is 0 Å². The zero-order valence-corrected chi connectivity index (χ0v) is 15.4. The summed E-state index contributed by atoms with van der Waals surface area (Å²) in [6, 6.07) is 7.04. The number of benzene rings is 1. The summed E-state index contributed by atoms with van der Waals surface area (Å²) in [6.45, 7) is 2.06. The number of nitrogens with zero attached hydrogens (tertiary/aromatic N) is 2. The molecule has 3 N–H and O–H groups in total. The van der Waals surface area contributed by atoms with Gasteiger partial charge in [0.25, 0.3) is 11.6 Å². The monoisotopic (exact) mass is 366 g/mol. The van der Waals surface area contributed by atoms with Gasteiger partial charge in [-0.2, -0.15) is 0 Å². The number of hydrogen-bond acceptors (Lipinski definition) is 6. The van der Waals surface area contributed by atoms with Gasteiger partial charge in [-0.05, 0) is 43.5 Å². The average Bonchev–Trinajstić information content (AvgIpc) is 3.43. The maximum Gasteiger partial charge on any atom is 0.259 e. The molecule has 4 rings (SSSR count). The zero-order valence-electron chi connectivity index (χ0n) is 15.4. The van der Waals surface area contributed by atoms with E-state index in [4.69, 9.17) is 15.0 Å². The van der Waals surface area contributed by atoms with E-state index in [-0.39, 0.29) is 5.91 Å². The molecule has 0 saturated heterocycles. The second-order valence-corrected chi connectivity index (χ2v) is 6.84. The van der Waals surface area contributed by atoms with E-state index in [9.17, 15) is 4.79 Å². The molecule has 0 atom stereocenters. The minimum atomic E-state index is -0.227. The molecule has 7 nitrogen and oxygen atoms in total. The van der Waals surface area contributed by atoms with Crippen LogP contribution in [-0.4, -0.2) is 23.2 Å². The van der Waals surface area contributed by atoms with Gasteiger partial charge < -0.3 is 20.3 Å². The molecule has 1 aliphatic rings. The lowest BCUT2D eigenvalue weighted by molar-refractivity contribution is 0.102. The largest absolute Gasteiger partial charge is 0.495 e. The Morgan fingerprint density at radius 1 is 1.37 bits per heavy atom. The van der Waals surface area contributed by atoms with E-state index in [1.165, 1.54) is 0 Å². The summed E-state index contributed by atoms with van der Waals surface area (Å²) in [5.41, 5.74) is 9.64. The summed E-state index contributed by atoms with van der Waals surface area (Å²) in [5, 5.41) is 7.75. The van der Waals surface area contributed by atoms with Crippen molar-refractivity contribution < 1.29 is 14.1 Å². The molecule has 0 aliphatic heterocycles. The molecule has 3 aromatic rings. The summed E-state index contributed by atoms with van der Waals surface area (Å²) in [4.78, 5) is 17.6. The number of nitrogen functional groups attached to an aromatic ring is 1. The molecule has 0 unspecified atom stereocenters. The van der Waals surface area contributed by atoms with E-state index in [2.05, 4.69) is 22.4 Å². The average molecular weight is 366 g/mol. The SMILES string of the molecule is CCCc1noc2nc(C3CC3)cc(C(=O)Nc3ccc(OC)c(N)c3)c12. The Kier molecular flexibility index (Phi) is 4.43. The van der Waals surface area contributed by atoms with Crippen LogP contribution in [-0.2, 0) is 6.42 Å². The van der Waals surface area contributed by atoms with E-state index in [0.717, 1.165) is 37.1 Å². The lowest BCUT2D eigenvalue weighted by atomic mass is 10.0. The molecule has 0 radical (unpaired) electrons. The van der Waals surface area contributed by atoms with Crippen LogP contribution in [0, 0.1) is 0 Å². The number of nitrogens with two attached hydrogens (primary N) is 1. The van der Waals surface area contributed by atoms with Crippen molar-refractivity contribution in [1.29, 1.82) is 0 Å². The predicted octanol–water partition coefficient (Wildman–Crippen LogP) is 3.90. The van der Waals surface area contributed by atoms with Gasteiger partial charge in [-0.3, -0.25) is 4.79 Å². The van der Waals surface area contributed by atoms with Crippen molar-refractivity contribution in [3.05, 3.63) is 41.2 Å². The Labute approximate surface area is 156 Å².